The molecule has 1 aliphatic carbocycles. The van der Waals surface area contributed by atoms with Crippen LogP contribution in [-0.2, 0) is 12.0 Å². The van der Waals surface area contributed by atoms with E-state index in [2.05, 4.69) is 31.2 Å². The predicted molar refractivity (Wildman–Crippen MR) is 72.0 cm³/mol. The maximum Gasteiger partial charge on any atom is 0.0871 e. The second kappa shape index (κ2) is 5.22. The fraction of sp³-hybridized carbons (Fsp3) is 0.625. The number of aryl methyl sites for hydroxylation is 1. The van der Waals surface area contributed by atoms with Gasteiger partial charge in [-0.1, -0.05) is 56.9 Å². The molecule has 94 valence electrons. The molecule has 1 aromatic carbocycles. The van der Waals surface area contributed by atoms with E-state index in [1.807, 2.05) is 6.92 Å². The van der Waals surface area contributed by atoms with Crippen LogP contribution in [0.2, 0.25) is 0 Å². The summed E-state index contributed by atoms with van der Waals surface area (Å²) >= 11 is 0. The Morgan fingerprint density at radius 3 is 2.29 bits per heavy atom. The molecule has 0 bridgehead atoms. The fourth-order valence-electron chi connectivity index (χ4n) is 2.99. The van der Waals surface area contributed by atoms with Crippen LogP contribution in [0.4, 0.5) is 0 Å². The standard InChI is InChI=1S/C16H24O/c1-3-13-8-10-15(11-9-13)16(2,17)12-14-6-4-5-7-14/h8-11,14,17H,3-7,12H2,1-2H3. The Morgan fingerprint density at radius 1 is 1.18 bits per heavy atom. The second-order valence-electron chi connectivity index (χ2n) is 5.68. The average molecular weight is 232 g/mol. The van der Waals surface area contributed by atoms with Crippen LogP contribution in [0.3, 0.4) is 0 Å². The number of rotatable bonds is 4. The summed E-state index contributed by atoms with van der Waals surface area (Å²) < 4.78 is 0. The zero-order valence-electron chi connectivity index (χ0n) is 11.1. The topological polar surface area (TPSA) is 20.2 Å². The quantitative estimate of drug-likeness (QED) is 0.830. The van der Waals surface area contributed by atoms with Gasteiger partial charge in [-0.15, -0.1) is 0 Å². The van der Waals surface area contributed by atoms with Crippen molar-refractivity contribution in [1.82, 2.24) is 0 Å². The van der Waals surface area contributed by atoms with Crippen molar-refractivity contribution in [2.45, 2.75) is 58.0 Å². The first-order valence-corrected chi connectivity index (χ1v) is 6.93. The summed E-state index contributed by atoms with van der Waals surface area (Å²) in [6.07, 6.45) is 7.25. The minimum Gasteiger partial charge on any atom is -0.385 e. The first-order valence-electron chi connectivity index (χ1n) is 6.93. The molecule has 17 heavy (non-hydrogen) atoms. The van der Waals surface area contributed by atoms with Gasteiger partial charge in [0, 0.05) is 0 Å². The molecule has 1 atom stereocenters. The molecule has 1 heteroatoms. The lowest BCUT2D eigenvalue weighted by Gasteiger charge is -2.27. The average Bonchev–Trinajstić information content (AvgIpc) is 2.81. The van der Waals surface area contributed by atoms with Crippen LogP contribution in [0.5, 0.6) is 0 Å². The number of hydrogen-bond donors (Lipinski definition) is 1. The van der Waals surface area contributed by atoms with Crippen molar-refractivity contribution in [2.24, 2.45) is 5.92 Å². The summed E-state index contributed by atoms with van der Waals surface area (Å²) in [5.41, 5.74) is 1.76. The van der Waals surface area contributed by atoms with Crippen molar-refractivity contribution in [1.29, 1.82) is 0 Å². The highest BCUT2D eigenvalue weighted by atomic mass is 16.3. The molecule has 0 amide bonds. The highest BCUT2D eigenvalue weighted by Gasteiger charge is 2.28. The molecule has 1 fully saturated rings. The van der Waals surface area contributed by atoms with Crippen LogP contribution in [-0.4, -0.2) is 5.11 Å². The van der Waals surface area contributed by atoms with Crippen LogP contribution in [0.25, 0.3) is 0 Å². The van der Waals surface area contributed by atoms with Crippen LogP contribution >= 0.6 is 0 Å². The lowest BCUT2D eigenvalue weighted by molar-refractivity contribution is 0.0308. The lowest BCUT2D eigenvalue weighted by atomic mass is 9.85. The predicted octanol–water partition coefficient (Wildman–Crippen LogP) is 4.04. The number of hydrogen-bond acceptors (Lipinski definition) is 1. The summed E-state index contributed by atoms with van der Waals surface area (Å²) in [6.45, 7) is 4.12. The molecular formula is C16H24O. The van der Waals surface area contributed by atoms with Gasteiger partial charge in [0.05, 0.1) is 5.60 Å². The summed E-state index contributed by atoms with van der Waals surface area (Å²) in [4.78, 5) is 0. The Bertz CT molecular complexity index is 344. The number of benzene rings is 1. The molecule has 1 N–H and O–H groups in total. The van der Waals surface area contributed by atoms with Gasteiger partial charge in [0.15, 0.2) is 0 Å². The van der Waals surface area contributed by atoms with E-state index in [1.54, 1.807) is 0 Å². The van der Waals surface area contributed by atoms with Crippen molar-refractivity contribution in [3.63, 3.8) is 0 Å². The zero-order chi connectivity index (χ0) is 12.3. The third kappa shape index (κ3) is 3.10. The van der Waals surface area contributed by atoms with Crippen LogP contribution < -0.4 is 0 Å². The Morgan fingerprint density at radius 2 is 1.76 bits per heavy atom. The zero-order valence-corrected chi connectivity index (χ0v) is 11.1. The van der Waals surface area contributed by atoms with E-state index in [4.69, 9.17) is 0 Å². The monoisotopic (exact) mass is 232 g/mol. The molecule has 1 aliphatic rings. The SMILES string of the molecule is CCc1ccc(C(C)(O)CC2CCCC2)cc1. The van der Waals surface area contributed by atoms with Gasteiger partial charge < -0.3 is 5.11 Å². The Balaban J connectivity index is 2.06. The van der Waals surface area contributed by atoms with E-state index in [0.717, 1.165) is 24.3 Å². The van der Waals surface area contributed by atoms with Crippen LogP contribution in [0.1, 0.15) is 57.1 Å². The van der Waals surface area contributed by atoms with Crippen molar-refractivity contribution in [2.75, 3.05) is 0 Å². The van der Waals surface area contributed by atoms with Gasteiger partial charge in [0.2, 0.25) is 0 Å². The maximum atomic E-state index is 10.6. The molecule has 1 aromatic rings. The Hall–Kier alpha value is -0.820. The molecule has 0 aliphatic heterocycles. The fourth-order valence-corrected chi connectivity index (χ4v) is 2.99. The van der Waals surface area contributed by atoms with Gasteiger partial charge in [-0.25, -0.2) is 0 Å². The molecule has 1 saturated carbocycles. The summed E-state index contributed by atoms with van der Waals surface area (Å²) in [6, 6.07) is 8.46. The van der Waals surface area contributed by atoms with E-state index in [9.17, 15) is 5.11 Å². The number of aliphatic hydroxyl groups is 1. The van der Waals surface area contributed by atoms with E-state index in [-0.39, 0.29) is 0 Å². The molecular weight excluding hydrogens is 208 g/mol. The molecule has 1 unspecified atom stereocenters. The third-order valence-electron chi connectivity index (χ3n) is 4.14. The Labute approximate surface area is 105 Å². The minimum atomic E-state index is -0.652. The van der Waals surface area contributed by atoms with E-state index >= 15 is 0 Å². The van der Waals surface area contributed by atoms with Gasteiger partial charge in [-0.05, 0) is 36.8 Å². The smallest absolute Gasteiger partial charge is 0.0871 e. The Kier molecular flexibility index (Phi) is 3.88. The highest BCUT2D eigenvalue weighted by molar-refractivity contribution is 5.26. The normalized spacial score (nSPS) is 20.4. The van der Waals surface area contributed by atoms with Gasteiger partial charge in [0.1, 0.15) is 0 Å². The van der Waals surface area contributed by atoms with Crippen molar-refractivity contribution >= 4 is 0 Å². The lowest BCUT2D eigenvalue weighted by Crippen LogP contribution is -2.24. The molecule has 0 spiro atoms. The summed E-state index contributed by atoms with van der Waals surface area (Å²) in [5.74, 6) is 0.718. The van der Waals surface area contributed by atoms with Crippen LogP contribution in [0.15, 0.2) is 24.3 Å². The summed E-state index contributed by atoms with van der Waals surface area (Å²) in [5, 5.41) is 10.6. The van der Waals surface area contributed by atoms with Crippen molar-refractivity contribution in [3.8, 4) is 0 Å². The molecule has 0 radical (unpaired) electrons. The molecule has 0 heterocycles. The largest absolute Gasteiger partial charge is 0.385 e. The van der Waals surface area contributed by atoms with E-state index in [1.165, 1.54) is 31.2 Å². The van der Waals surface area contributed by atoms with Crippen molar-refractivity contribution in [3.05, 3.63) is 35.4 Å². The van der Waals surface area contributed by atoms with Gasteiger partial charge in [0.25, 0.3) is 0 Å². The summed E-state index contributed by atoms with van der Waals surface area (Å²) in [7, 11) is 0. The van der Waals surface area contributed by atoms with E-state index in [0.29, 0.717) is 0 Å². The molecule has 0 aromatic heterocycles. The molecule has 0 saturated heterocycles. The molecule has 1 nitrogen and oxygen atoms in total. The van der Waals surface area contributed by atoms with Gasteiger partial charge in [-0.3, -0.25) is 0 Å². The van der Waals surface area contributed by atoms with Gasteiger partial charge >= 0.3 is 0 Å². The van der Waals surface area contributed by atoms with Crippen molar-refractivity contribution < 1.29 is 5.11 Å². The van der Waals surface area contributed by atoms with Gasteiger partial charge in [-0.2, -0.15) is 0 Å². The van der Waals surface area contributed by atoms with E-state index < -0.39 is 5.60 Å². The third-order valence-corrected chi connectivity index (χ3v) is 4.14. The highest BCUT2D eigenvalue weighted by Crippen LogP contribution is 2.36. The first kappa shape index (κ1) is 12.6. The minimum absolute atomic E-state index is 0.652. The molecule has 2 rings (SSSR count). The maximum absolute atomic E-state index is 10.6. The first-order chi connectivity index (χ1) is 8.12. The van der Waals surface area contributed by atoms with Crippen LogP contribution in [0, 0.1) is 5.92 Å². The second-order valence-corrected chi connectivity index (χ2v) is 5.68.